The second-order valence-corrected chi connectivity index (χ2v) is 18.6. The van der Waals surface area contributed by atoms with Crippen LogP contribution in [0.1, 0.15) is 40.5 Å². The van der Waals surface area contributed by atoms with Crippen molar-refractivity contribution in [3.05, 3.63) is 34.3 Å². The van der Waals surface area contributed by atoms with Crippen LogP contribution in [0.15, 0.2) is 34.3 Å². The zero-order chi connectivity index (χ0) is 21.2. The van der Waals surface area contributed by atoms with Gasteiger partial charge in [0.15, 0.2) is 11.5 Å². The number of rotatable bonds is 9. The molecular formula is C21H36O4Si2. The van der Waals surface area contributed by atoms with Crippen molar-refractivity contribution in [2.45, 2.75) is 79.8 Å². The third-order valence-corrected chi connectivity index (χ3v) is 5.24. The summed E-state index contributed by atoms with van der Waals surface area (Å²) in [5.74, 6) is 0.631. The highest BCUT2D eigenvalue weighted by molar-refractivity contribution is 6.70. The summed E-state index contributed by atoms with van der Waals surface area (Å²) in [6.07, 6.45) is 2.83. The van der Waals surface area contributed by atoms with Gasteiger partial charge in [0.25, 0.3) is 0 Å². The van der Waals surface area contributed by atoms with Crippen molar-refractivity contribution in [1.82, 2.24) is 0 Å². The molecule has 0 spiro atoms. The van der Waals surface area contributed by atoms with E-state index in [1.165, 1.54) is 0 Å². The number of carbonyl (C=O) groups is 2. The maximum atomic E-state index is 13.2. The third-order valence-electron chi connectivity index (χ3n) is 3.61. The molecule has 0 saturated carbocycles. The van der Waals surface area contributed by atoms with Crippen LogP contribution in [0.4, 0.5) is 0 Å². The standard InChI is InChI=1S/C21H36O4Si2/c1-14(2)11-12-16-19(23)21(25-27(8,9)10)18(17(22)13-15(3)4)20(16)24-26(5,6)7/h11,15H,12-13H2,1-10H3. The summed E-state index contributed by atoms with van der Waals surface area (Å²) in [7, 11) is -4.10. The van der Waals surface area contributed by atoms with Gasteiger partial charge in [0.2, 0.25) is 22.4 Å². The summed E-state index contributed by atoms with van der Waals surface area (Å²) in [6, 6.07) is 0. The quantitative estimate of drug-likeness (QED) is 0.360. The molecule has 1 aliphatic carbocycles. The molecule has 0 heterocycles. The van der Waals surface area contributed by atoms with Crippen LogP contribution in [-0.2, 0) is 18.4 Å². The number of Topliss-reactive ketones (excluding diaryl/α,β-unsaturated/α-hetero) is 2. The molecule has 6 heteroatoms. The van der Waals surface area contributed by atoms with E-state index in [0.29, 0.717) is 29.7 Å². The predicted molar refractivity (Wildman–Crippen MR) is 116 cm³/mol. The van der Waals surface area contributed by atoms with E-state index in [2.05, 4.69) is 19.6 Å². The molecule has 0 atom stereocenters. The normalized spacial score (nSPS) is 15.6. The molecule has 4 nitrogen and oxygen atoms in total. The summed E-state index contributed by atoms with van der Waals surface area (Å²) in [6.45, 7) is 20.2. The molecule has 0 fully saturated rings. The van der Waals surface area contributed by atoms with E-state index in [1.807, 2.05) is 53.4 Å². The average molecular weight is 409 g/mol. The first-order chi connectivity index (χ1) is 12.1. The molecule has 0 aliphatic heterocycles. The largest absolute Gasteiger partial charge is 0.543 e. The van der Waals surface area contributed by atoms with Crippen molar-refractivity contribution >= 4 is 28.2 Å². The Balaban J connectivity index is 3.59. The molecule has 0 bridgehead atoms. The average Bonchev–Trinajstić information content (AvgIpc) is 2.64. The summed E-state index contributed by atoms with van der Waals surface area (Å²) < 4.78 is 12.4. The SMILES string of the molecule is CC(C)=CCC1=C(O[Si](C)(C)C)C(C(=O)CC(C)C)=C(O[Si](C)(C)C)C1=O. The molecule has 152 valence electrons. The van der Waals surface area contributed by atoms with Gasteiger partial charge in [-0.15, -0.1) is 0 Å². The first kappa shape index (κ1) is 23.6. The zero-order valence-corrected chi connectivity index (χ0v) is 20.7. The predicted octanol–water partition coefficient (Wildman–Crippen LogP) is 5.75. The lowest BCUT2D eigenvalue weighted by molar-refractivity contribution is -0.117. The van der Waals surface area contributed by atoms with E-state index in [9.17, 15) is 9.59 Å². The monoisotopic (exact) mass is 408 g/mol. The Morgan fingerprint density at radius 3 is 1.85 bits per heavy atom. The van der Waals surface area contributed by atoms with Crippen LogP contribution < -0.4 is 0 Å². The minimum absolute atomic E-state index is 0.0629. The minimum Gasteiger partial charge on any atom is -0.543 e. The van der Waals surface area contributed by atoms with Crippen LogP contribution >= 0.6 is 0 Å². The molecule has 0 unspecified atom stereocenters. The van der Waals surface area contributed by atoms with E-state index in [1.54, 1.807) is 0 Å². The second kappa shape index (κ2) is 8.73. The van der Waals surface area contributed by atoms with Gasteiger partial charge in [0.1, 0.15) is 11.3 Å². The first-order valence-electron chi connectivity index (χ1n) is 9.69. The van der Waals surface area contributed by atoms with Gasteiger partial charge < -0.3 is 8.85 Å². The summed E-state index contributed by atoms with van der Waals surface area (Å²) in [5, 5.41) is 0. The van der Waals surface area contributed by atoms with Gasteiger partial charge >= 0.3 is 0 Å². The molecule has 0 saturated heterocycles. The number of ketones is 2. The van der Waals surface area contributed by atoms with Crippen molar-refractivity contribution in [3.8, 4) is 0 Å². The number of hydrogen-bond acceptors (Lipinski definition) is 4. The Bertz CT molecular complexity index is 695. The number of carbonyl (C=O) groups excluding carboxylic acids is 2. The Hall–Kier alpha value is -1.41. The minimum atomic E-state index is -2.07. The van der Waals surface area contributed by atoms with Crippen molar-refractivity contribution in [3.63, 3.8) is 0 Å². The van der Waals surface area contributed by atoms with Crippen LogP contribution in [0.3, 0.4) is 0 Å². The summed E-state index contributed by atoms with van der Waals surface area (Å²) in [4.78, 5) is 26.3. The van der Waals surface area contributed by atoms with Crippen LogP contribution in [0.25, 0.3) is 0 Å². The lowest BCUT2D eigenvalue weighted by atomic mass is 10.0. The molecule has 0 aromatic rings. The van der Waals surface area contributed by atoms with Gasteiger partial charge in [-0.25, -0.2) is 0 Å². The smallest absolute Gasteiger partial charge is 0.242 e. The molecule has 0 aromatic heterocycles. The van der Waals surface area contributed by atoms with Gasteiger partial charge in [-0.05, 0) is 65.5 Å². The molecular weight excluding hydrogens is 372 g/mol. The molecule has 0 radical (unpaired) electrons. The van der Waals surface area contributed by atoms with Crippen molar-refractivity contribution in [2.75, 3.05) is 0 Å². The van der Waals surface area contributed by atoms with Crippen molar-refractivity contribution in [1.29, 1.82) is 0 Å². The Morgan fingerprint density at radius 1 is 0.963 bits per heavy atom. The first-order valence-corrected chi connectivity index (χ1v) is 16.5. The molecule has 1 aliphatic rings. The van der Waals surface area contributed by atoms with Crippen LogP contribution in [0.2, 0.25) is 39.3 Å². The number of hydrogen-bond donors (Lipinski definition) is 0. The fourth-order valence-electron chi connectivity index (χ4n) is 2.65. The Morgan fingerprint density at radius 2 is 1.44 bits per heavy atom. The molecule has 0 aromatic carbocycles. The number of allylic oxidation sites excluding steroid dienone is 4. The Labute approximate surface area is 167 Å². The van der Waals surface area contributed by atoms with E-state index >= 15 is 0 Å². The summed E-state index contributed by atoms with van der Waals surface area (Å²) in [5.41, 5.74) is 2.05. The molecule has 0 amide bonds. The lowest BCUT2D eigenvalue weighted by Gasteiger charge is -2.24. The molecule has 1 rings (SSSR count). The third kappa shape index (κ3) is 7.26. The maximum Gasteiger partial charge on any atom is 0.242 e. The van der Waals surface area contributed by atoms with Crippen molar-refractivity contribution in [2.24, 2.45) is 5.92 Å². The fourth-order valence-corrected chi connectivity index (χ4v) is 4.29. The van der Waals surface area contributed by atoms with Gasteiger partial charge in [0.05, 0.1) is 0 Å². The molecule has 27 heavy (non-hydrogen) atoms. The van der Waals surface area contributed by atoms with E-state index in [0.717, 1.165) is 5.57 Å². The van der Waals surface area contributed by atoms with Gasteiger partial charge in [0, 0.05) is 12.0 Å². The molecule has 0 N–H and O–H groups in total. The van der Waals surface area contributed by atoms with Crippen LogP contribution in [-0.4, -0.2) is 28.2 Å². The van der Waals surface area contributed by atoms with E-state index in [-0.39, 0.29) is 23.2 Å². The van der Waals surface area contributed by atoms with Gasteiger partial charge in [-0.1, -0.05) is 25.5 Å². The van der Waals surface area contributed by atoms with Gasteiger partial charge in [-0.3, -0.25) is 9.59 Å². The lowest BCUT2D eigenvalue weighted by Crippen LogP contribution is -2.29. The maximum absolute atomic E-state index is 13.2. The van der Waals surface area contributed by atoms with Crippen molar-refractivity contribution < 1.29 is 18.4 Å². The Kier molecular flexibility index (Phi) is 7.64. The van der Waals surface area contributed by atoms with Gasteiger partial charge in [-0.2, -0.15) is 0 Å². The summed E-state index contributed by atoms with van der Waals surface area (Å²) >= 11 is 0. The fraction of sp³-hybridized carbons (Fsp3) is 0.619. The second-order valence-electron chi connectivity index (χ2n) is 9.78. The van der Waals surface area contributed by atoms with E-state index in [4.69, 9.17) is 8.85 Å². The van der Waals surface area contributed by atoms with E-state index < -0.39 is 16.6 Å². The zero-order valence-electron chi connectivity index (χ0n) is 18.7. The topological polar surface area (TPSA) is 52.6 Å². The highest BCUT2D eigenvalue weighted by atomic mass is 28.4. The highest BCUT2D eigenvalue weighted by Crippen LogP contribution is 2.38. The highest BCUT2D eigenvalue weighted by Gasteiger charge is 2.41. The van der Waals surface area contributed by atoms with Crippen LogP contribution in [0, 0.1) is 5.92 Å². The van der Waals surface area contributed by atoms with Crippen LogP contribution in [0.5, 0.6) is 0 Å².